The van der Waals surface area contributed by atoms with Crippen LogP contribution >= 0.6 is 0 Å². The summed E-state index contributed by atoms with van der Waals surface area (Å²) in [6.45, 7) is 3.81. The van der Waals surface area contributed by atoms with Gasteiger partial charge in [-0.25, -0.2) is 27.5 Å². The summed E-state index contributed by atoms with van der Waals surface area (Å²) in [5, 5.41) is 4.39. The van der Waals surface area contributed by atoms with Crippen LogP contribution in [0.25, 0.3) is 5.82 Å². The maximum Gasteiger partial charge on any atom is 0.265 e. The van der Waals surface area contributed by atoms with Crippen molar-refractivity contribution in [2.75, 3.05) is 11.8 Å². The largest absolute Gasteiger partial charge is 0.495 e. The minimum Gasteiger partial charge on any atom is -0.495 e. The maximum atomic E-state index is 13.6. The molecule has 0 aliphatic carbocycles. The first-order valence-corrected chi connectivity index (χ1v) is 11.2. The Morgan fingerprint density at radius 2 is 1.76 bits per heavy atom. The third-order valence-electron chi connectivity index (χ3n) is 4.60. The lowest BCUT2D eigenvalue weighted by Crippen LogP contribution is -2.14. The molecular formula is C22H20FN5O4S. The highest BCUT2D eigenvalue weighted by Gasteiger charge is 2.20. The third-order valence-corrected chi connectivity index (χ3v) is 6.00. The fourth-order valence-electron chi connectivity index (χ4n) is 3.14. The zero-order valence-corrected chi connectivity index (χ0v) is 18.8. The molecule has 0 aliphatic rings. The molecule has 4 aromatic rings. The first-order chi connectivity index (χ1) is 15.7. The summed E-state index contributed by atoms with van der Waals surface area (Å²) in [5.74, 6) is 0.624. The number of halogens is 1. The van der Waals surface area contributed by atoms with Crippen LogP contribution in [0, 0.1) is 19.7 Å². The zero-order chi connectivity index (χ0) is 23.6. The fraction of sp³-hybridized carbons (Fsp3) is 0.136. The van der Waals surface area contributed by atoms with Gasteiger partial charge < -0.3 is 9.47 Å². The van der Waals surface area contributed by atoms with E-state index < -0.39 is 15.8 Å². The fourth-order valence-corrected chi connectivity index (χ4v) is 4.39. The summed E-state index contributed by atoms with van der Waals surface area (Å²) in [5.41, 5.74) is 2.05. The van der Waals surface area contributed by atoms with Gasteiger partial charge in [0.1, 0.15) is 28.5 Å². The van der Waals surface area contributed by atoms with E-state index in [1.54, 1.807) is 22.9 Å². The Kier molecular flexibility index (Phi) is 5.97. The number of benzene rings is 2. The Morgan fingerprint density at radius 1 is 1.00 bits per heavy atom. The second-order valence-corrected chi connectivity index (χ2v) is 8.73. The molecule has 0 unspecified atom stereocenters. The van der Waals surface area contributed by atoms with Gasteiger partial charge >= 0.3 is 0 Å². The summed E-state index contributed by atoms with van der Waals surface area (Å²) in [7, 11) is -2.76. The average molecular weight is 469 g/mol. The molecule has 9 nitrogen and oxygen atoms in total. The van der Waals surface area contributed by atoms with Crippen LogP contribution in [-0.4, -0.2) is 35.3 Å². The highest BCUT2D eigenvalue weighted by atomic mass is 32.2. The van der Waals surface area contributed by atoms with E-state index in [4.69, 9.17) is 9.47 Å². The number of aromatic nitrogens is 4. The van der Waals surface area contributed by atoms with Crippen LogP contribution in [0.15, 0.2) is 65.8 Å². The van der Waals surface area contributed by atoms with Crippen LogP contribution in [-0.2, 0) is 10.0 Å². The lowest BCUT2D eigenvalue weighted by Gasteiger charge is -2.12. The molecular weight excluding hydrogens is 449 g/mol. The molecule has 4 rings (SSSR count). The predicted octanol–water partition coefficient (Wildman–Crippen LogP) is 4.02. The number of hydrogen-bond donors (Lipinski definition) is 1. The highest BCUT2D eigenvalue weighted by Crippen LogP contribution is 2.28. The standard InChI is InChI=1S/C22H20FN5O4S/c1-14-10-15(2)28(26-14)21-12-22(25-13-24-21)32-18-7-5-17(6-8-18)27-33(29,30)20-11-16(23)4-9-19(20)31-3/h4-13,27H,1-3H3. The molecule has 11 heteroatoms. The van der Waals surface area contributed by atoms with Crippen molar-refractivity contribution >= 4 is 15.7 Å². The van der Waals surface area contributed by atoms with Crippen molar-refractivity contribution in [3.8, 4) is 23.2 Å². The molecule has 0 saturated heterocycles. The van der Waals surface area contributed by atoms with Crippen LogP contribution in [0.2, 0.25) is 0 Å². The molecule has 0 bridgehead atoms. The normalized spacial score (nSPS) is 11.3. The van der Waals surface area contributed by atoms with Gasteiger partial charge in [-0.15, -0.1) is 0 Å². The van der Waals surface area contributed by atoms with Crippen molar-refractivity contribution in [3.05, 3.63) is 78.1 Å². The summed E-state index contributed by atoms with van der Waals surface area (Å²) >= 11 is 0. The van der Waals surface area contributed by atoms with Crippen molar-refractivity contribution < 1.29 is 22.3 Å². The Balaban J connectivity index is 1.51. The number of aryl methyl sites for hydroxylation is 2. The Morgan fingerprint density at radius 3 is 2.42 bits per heavy atom. The number of ether oxygens (including phenoxy) is 2. The molecule has 1 N–H and O–H groups in total. The van der Waals surface area contributed by atoms with E-state index in [1.807, 2.05) is 19.9 Å². The quantitative estimate of drug-likeness (QED) is 0.435. The van der Waals surface area contributed by atoms with Gasteiger partial charge in [0.05, 0.1) is 12.8 Å². The molecule has 170 valence electrons. The van der Waals surface area contributed by atoms with Gasteiger partial charge in [-0.05, 0) is 62.4 Å². The Labute approximate surface area is 189 Å². The molecule has 2 aromatic carbocycles. The van der Waals surface area contributed by atoms with Crippen molar-refractivity contribution in [3.63, 3.8) is 0 Å². The molecule has 0 spiro atoms. The summed E-state index contributed by atoms with van der Waals surface area (Å²) < 4.78 is 53.9. The Bertz CT molecular complexity index is 1400. The van der Waals surface area contributed by atoms with Crippen LogP contribution < -0.4 is 14.2 Å². The number of methoxy groups -OCH3 is 1. The van der Waals surface area contributed by atoms with E-state index in [0.717, 1.165) is 23.5 Å². The number of rotatable bonds is 7. The van der Waals surface area contributed by atoms with Gasteiger partial charge in [-0.2, -0.15) is 5.10 Å². The monoisotopic (exact) mass is 469 g/mol. The molecule has 2 heterocycles. The van der Waals surface area contributed by atoms with E-state index in [2.05, 4.69) is 19.8 Å². The van der Waals surface area contributed by atoms with E-state index in [-0.39, 0.29) is 16.3 Å². The highest BCUT2D eigenvalue weighted by molar-refractivity contribution is 7.92. The zero-order valence-electron chi connectivity index (χ0n) is 18.0. The first-order valence-electron chi connectivity index (χ1n) is 9.75. The van der Waals surface area contributed by atoms with E-state index >= 15 is 0 Å². The van der Waals surface area contributed by atoms with E-state index in [1.165, 1.54) is 31.6 Å². The second-order valence-electron chi connectivity index (χ2n) is 7.08. The van der Waals surface area contributed by atoms with Crippen LogP contribution in [0.1, 0.15) is 11.4 Å². The Hall–Kier alpha value is -3.99. The molecule has 2 aromatic heterocycles. The average Bonchev–Trinajstić information content (AvgIpc) is 3.13. The maximum absolute atomic E-state index is 13.6. The van der Waals surface area contributed by atoms with Crippen molar-refractivity contribution in [1.82, 2.24) is 19.7 Å². The summed E-state index contributed by atoms with van der Waals surface area (Å²) in [6, 6.07) is 13.0. The molecule has 0 atom stereocenters. The number of nitrogens with one attached hydrogen (secondary N) is 1. The van der Waals surface area contributed by atoms with Gasteiger partial charge in [0.2, 0.25) is 5.88 Å². The number of hydrogen-bond acceptors (Lipinski definition) is 7. The van der Waals surface area contributed by atoms with Gasteiger partial charge in [0.15, 0.2) is 5.82 Å². The third kappa shape index (κ3) is 4.93. The van der Waals surface area contributed by atoms with Crippen LogP contribution in [0.4, 0.5) is 10.1 Å². The smallest absolute Gasteiger partial charge is 0.265 e. The molecule has 33 heavy (non-hydrogen) atoms. The molecule has 0 saturated carbocycles. The van der Waals surface area contributed by atoms with Gasteiger partial charge in [0.25, 0.3) is 10.0 Å². The van der Waals surface area contributed by atoms with Crippen molar-refractivity contribution in [1.29, 1.82) is 0 Å². The lowest BCUT2D eigenvalue weighted by atomic mass is 10.3. The number of sulfonamides is 1. The number of nitrogens with zero attached hydrogens (tertiary/aromatic N) is 4. The van der Waals surface area contributed by atoms with E-state index in [9.17, 15) is 12.8 Å². The second kappa shape index (κ2) is 8.87. The molecule has 0 radical (unpaired) electrons. The molecule has 0 fully saturated rings. The summed E-state index contributed by atoms with van der Waals surface area (Å²) in [4.78, 5) is 8.03. The van der Waals surface area contributed by atoms with Gasteiger partial charge in [-0.1, -0.05) is 0 Å². The minimum absolute atomic E-state index is 0.0334. The predicted molar refractivity (Wildman–Crippen MR) is 119 cm³/mol. The van der Waals surface area contributed by atoms with Crippen LogP contribution in [0.5, 0.6) is 17.4 Å². The van der Waals surface area contributed by atoms with Crippen molar-refractivity contribution in [2.24, 2.45) is 0 Å². The van der Waals surface area contributed by atoms with Gasteiger partial charge in [0, 0.05) is 17.4 Å². The van der Waals surface area contributed by atoms with Crippen molar-refractivity contribution in [2.45, 2.75) is 18.7 Å². The summed E-state index contributed by atoms with van der Waals surface area (Å²) in [6.07, 6.45) is 1.37. The topological polar surface area (TPSA) is 108 Å². The van der Waals surface area contributed by atoms with Gasteiger partial charge in [-0.3, -0.25) is 4.72 Å². The molecule has 0 aliphatic heterocycles. The minimum atomic E-state index is -4.07. The SMILES string of the molecule is COc1ccc(F)cc1S(=O)(=O)Nc1ccc(Oc2cc(-n3nc(C)cc3C)ncn2)cc1. The first kappa shape index (κ1) is 22.2. The van der Waals surface area contributed by atoms with Crippen LogP contribution in [0.3, 0.4) is 0 Å². The molecule has 0 amide bonds. The number of anilines is 1. The lowest BCUT2D eigenvalue weighted by molar-refractivity contribution is 0.401. The van der Waals surface area contributed by atoms with E-state index in [0.29, 0.717) is 17.4 Å².